The molecule has 108 valence electrons. The van der Waals surface area contributed by atoms with Crippen molar-refractivity contribution in [3.8, 4) is 0 Å². The van der Waals surface area contributed by atoms with Crippen LogP contribution in [0.15, 0.2) is 21.6 Å². The Kier molecular flexibility index (Phi) is 5.51. The van der Waals surface area contributed by atoms with E-state index in [1.54, 1.807) is 11.8 Å². The van der Waals surface area contributed by atoms with Crippen LogP contribution in [0.5, 0.6) is 0 Å². The number of hydrogen-bond acceptors (Lipinski definition) is 6. The van der Waals surface area contributed by atoms with E-state index >= 15 is 0 Å². The summed E-state index contributed by atoms with van der Waals surface area (Å²) in [6.45, 7) is 9.30. The third kappa shape index (κ3) is 4.26. The summed E-state index contributed by atoms with van der Waals surface area (Å²) in [5.74, 6) is 0.910. The van der Waals surface area contributed by atoms with E-state index in [1.165, 1.54) is 22.7 Å². The SMILES string of the molecule is CCc1nsc(Sc2ncc(CNC(C)C)cc2C)n1. The van der Waals surface area contributed by atoms with Gasteiger partial charge in [0.15, 0.2) is 4.34 Å². The van der Waals surface area contributed by atoms with Gasteiger partial charge in [0, 0.05) is 25.2 Å². The van der Waals surface area contributed by atoms with Crippen molar-refractivity contribution >= 4 is 23.3 Å². The van der Waals surface area contributed by atoms with Gasteiger partial charge in [-0.25, -0.2) is 9.97 Å². The second kappa shape index (κ2) is 7.15. The second-order valence-corrected chi connectivity index (χ2v) is 6.92. The molecule has 0 saturated heterocycles. The van der Waals surface area contributed by atoms with Gasteiger partial charge in [0.05, 0.1) is 0 Å². The molecule has 2 rings (SSSR count). The van der Waals surface area contributed by atoms with E-state index in [2.05, 4.69) is 53.4 Å². The van der Waals surface area contributed by atoms with E-state index in [9.17, 15) is 0 Å². The van der Waals surface area contributed by atoms with E-state index in [0.29, 0.717) is 6.04 Å². The first-order valence-electron chi connectivity index (χ1n) is 6.77. The van der Waals surface area contributed by atoms with E-state index in [4.69, 9.17) is 0 Å². The van der Waals surface area contributed by atoms with E-state index in [1.807, 2.05) is 6.20 Å². The van der Waals surface area contributed by atoms with Gasteiger partial charge in [-0.05, 0) is 41.3 Å². The van der Waals surface area contributed by atoms with Gasteiger partial charge in [-0.15, -0.1) is 0 Å². The summed E-state index contributed by atoms with van der Waals surface area (Å²) in [4.78, 5) is 9.01. The predicted molar refractivity (Wildman–Crippen MR) is 84.4 cm³/mol. The summed E-state index contributed by atoms with van der Waals surface area (Å²) in [6.07, 6.45) is 2.82. The normalized spacial score (nSPS) is 11.2. The lowest BCUT2D eigenvalue weighted by molar-refractivity contribution is 0.587. The molecular weight excluding hydrogens is 288 g/mol. The Morgan fingerprint density at radius 1 is 1.40 bits per heavy atom. The smallest absolute Gasteiger partial charge is 0.176 e. The molecule has 0 unspecified atom stereocenters. The average Bonchev–Trinajstić information content (AvgIpc) is 2.87. The van der Waals surface area contributed by atoms with Gasteiger partial charge in [-0.3, -0.25) is 0 Å². The molecule has 2 aromatic heterocycles. The molecule has 20 heavy (non-hydrogen) atoms. The Labute approximate surface area is 128 Å². The van der Waals surface area contributed by atoms with Crippen LogP contribution >= 0.6 is 23.3 Å². The topological polar surface area (TPSA) is 50.7 Å². The van der Waals surface area contributed by atoms with Crippen LogP contribution in [0.1, 0.15) is 37.7 Å². The first-order valence-corrected chi connectivity index (χ1v) is 8.36. The quantitative estimate of drug-likeness (QED) is 0.885. The molecule has 1 N–H and O–H groups in total. The maximum absolute atomic E-state index is 4.55. The monoisotopic (exact) mass is 308 g/mol. The molecule has 0 aliphatic rings. The van der Waals surface area contributed by atoms with Crippen LogP contribution in [0.25, 0.3) is 0 Å². The summed E-state index contributed by atoms with van der Waals surface area (Å²) in [7, 11) is 0. The van der Waals surface area contributed by atoms with Crippen LogP contribution in [-0.2, 0) is 13.0 Å². The Morgan fingerprint density at radius 2 is 2.20 bits per heavy atom. The fraction of sp³-hybridized carbons (Fsp3) is 0.500. The van der Waals surface area contributed by atoms with Gasteiger partial charge >= 0.3 is 0 Å². The molecule has 0 atom stereocenters. The lowest BCUT2D eigenvalue weighted by Gasteiger charge is -2.09. The van der Waals surface area contributed by atoms with Crippen molar-refractivity contribution < 1.29 is 0 Å². The molecule has 0 spiro atoms. The number of nitrogens with zero attached hydrogens (tertiary/aromatic N) is 3. The van der Waals surface area contributed by atoms with E-state index in [0.717, 1.165) is 28.2 Å². The maximum atomic E-state index is 4.55. The standard InChI is InChI=1S/C14H20N4S2/c1-5-12-17-14(20-18-12)19-13-10(4)6-11(8-16-13)7-15-9(2)3/h6,8-9,15H,5,7H2,1-4H3. The predicted octanol–water partition coefficient (Wildman–Crippen LogP) is 3.45. The highest BCUT2D eigenvalue weighted by molar-refractivity contribution is 8.00. The van der Waals surface area contributed by atoms with Crippen molar-refractivity contribution in [2.45, 2.75) is 56.1 Å². The zero-order chi connectivity index (χ0) is 14.5. The minimum Gasteiger partial charge on any atom is -0.310 e. The van der Waals surface area contributed by atoms with Gasteiger partial charge in [-0.1, -0.05) is 26.8 Å². The summed E-state index contributed by atoms with van der Waals surface area (Å²) in [5.41, 5.74) is 2.40. The average molecular weight is 308 g/mol. The third-order valence-electron chi connectivity index (χ3n) is 2.75. The van der Waals surface area contributed by atoms with Crippen LogP contribution in [0.2, 0.25) is 0 Å². The number of nitrogens with one attached hydrogen (secondary N) is 1. The summed E-state index contributed by atoms with van der Waals surface area (Å²) in [5, 5.41) is 4.41. The van der Waals surface area contributed by atoms with Crippen LogP contribution < -0.4 is 5.32 Å². The Balaban J connectivity index is 2.05. The molecule has 0 fully saturated rings. The Morgan fingerprint density at radius 3 is 2.80 bits per heavy atom. The molecule has 0 aliphatic carbocycles. The summed E-state index contributed by atoms with van der Waals surface area (Å²) in [6, 6.07) is 2.67. The molecule has 6 heteroatoms. The summed E-state index contributed by atoms with van der Waals surface area (Å²) >= 11 is 3.04. The van der Waals surface area contributed by atoms with E-state index in [-0.39, 0.29) is 0 Å². The fourth-order valence-electron chi connectivity index (χ4n) is 1.65. The third-order valence-corrected chi connectivity index (χ3v) is 4.66. The minimum absolute atomic E-state index is 0.484. The molecule has 2 heterocycles. The van der Waals surface area contributed by atoms with Gasteiger partial charge in [0.2, 0.25) is 0 Å². The maximum Gasteiger partial charge on any atom is 0.176 e. The van der Waals surface area contributed by atoms with Crippen molar-refractivity contribution in [3.05, 3.63) is 29.2 Å². The number of hydrogen-bond donors (Lipinski definition) is 1. The zero-order valence-corrected chi connectivity index (χ0v) is 13.9. The highest BCUT2D eigenvalue weighted by Gasteiger charge is 2.09. The summed E-state index contributed by atoms with van der Waals surface area (Å²) < 4.78 is 5.26. The number of rotatable bonds is 6. The second-order valence-electron chi connectivity index (χ2n) is 4.93. The van der Waals surface area contributed by atoms with Crippen LogP contribution in [0.3, 0.4) is 0 Å². The van der Waals surface area contributed by atoms with Crippen molar-refractivity contribution in [2.75, 3.05) is 0 Å². The van der Waals surface area contributed by atoms with Gasteiger partial charge in [0.25, 0.3) is 0 Å². The largest absolute Gasteiger partial charge is 0.310 e. The van der Waals surface area contributed by atoms with Crippen LogP contribution in [0.4, 0.5) is 0 Å². The van der Waals surface area contributed by atoms with Crippen molar-refractivity contribution in [1.82, 2.24) is 19.7 Å². The highest BCUT2D eigenvalue weighted by atomic mass is 32.2. The number of pyridine rings is 1. The first kappa shape index (κ1) is 15.4. The van der Waals surface area contributed by atoms with Gasteiger partial charge < -0.3 is 5.32 Å². The van der Waals surface area contributed by atoms with Crippen LogP contribution in [-0.4, -0.2) is 20.4 Å². The molecule has 0 aromatic carbocycles. The Bertz CT molecular complexity index is 566. The van der Waals surface area contributed by atoms with Crippen molar-refractivity contribution in [1.29, 1.82) is 0 Å². The molecule has 0 aliphatic heterocycles. The molecule has 4 nitrogen and oxygen atoms in total. The number of aryl methyl sites for hydroxylation is 2. The van der Waals surface area contributed by atoms with Gasteiger partial charge in [-0.2, -0.15) is 4.37 Å². The molecule has 0 radical (unpaired) electrons. The molecule has 0 amide bonds. The molecule has 0 bridgehead atoms. The van der Waals surface area contributed by atoms with Gasteiger partial charge in [0.1, 0.15) is 10.9 Å². The fourth-order valence-corrected chi connectivity index (χ4v) is 3.29. The lowest BCUT2D eigenvalue weighted by atomic mass is 10.2. The minimum atomic E-state index is 0.484. The van der Waals surface area contributed by atoms with Crippen molar-refractivity contribution in [2.24, 2.45) is 0 Å². The first-order chi connectivity index (χ1) is 9.58. The van der Waals surface area contributed by atoms with Crippen LogP contribution in [0, 0.1) is 6.92 Å². The van der Waals surface area contributed by atoms with Crippen molar-refractivity contribution in [3.63, 3.8) is 0 Å². The zero-order valence-electron chi connectivity index (χ0n) is 12.3. The molecule has 0 saturated carbocycles. The van der Waals surface area contributed by atoms with E-state index < -0.39 is 0 Å². The lowest BCUT2D eigenvalue weighted by Crippen LogP contribution is -2.21. The molecular formula is C14H20N4S2. The number of aromatic nitrogens is 3. The highest BCUT2D eigenvalue weighted by Crippen LogP contribution is 2.30. The Hall–Kier alpha value is -0.980. The molecule has 2 aromatic rings.